The highest BCUT2D eigenvalue weighted by Gasteiger charge is 2.09. The van der Waals surface area contributed by atoms with Crippen molar-refractivity contribution in [2.45, 2.75) is 97.3 Å². The molecule has 0 aromatic heterocycles. The van der Waals surface area contributed by atoms with Crippen molar-refractivity contribution in [3.05, 3.63) is 0 Å². The number of unbranched alkanes of at least 4 members (excludes halogenated alkanes) is 11. The molecule has 0 aromatic carbocycles. The molecule has 0 aliphatic rings. The summed E-state index contributed by atoms with van der Waals surface area (Å²) in [5.41, 5.74) is 4.78. The van der Waals surface area contributed by atoms with E-state index in [-0.39, 0.29) is 12.5 Å². The third-order valence-electron chi connectivity index (χ3n) is 4.04. The van der Waals surface area contributed by atoms with Crippen molar-refractivity contribution >= 4 is 5.97 Å². The summed E-state index contributed by atoms with van der Waals surface area (Å²) in [6, 6.07) is 0. The molecule has 0 aliphatic heterocycles. The number of carboxylic acid groups (broad SMARTS) is 1. The number of carbonyl (C=O) groups is 1. The Labute approximate surface area is 143 Å². The van der Waals surface area contributed by atoms with Crippen LogP contribution in [0.2, 0.25) is 0 Å². The van der Waals surface area contributed by atoms with Gasteiger partial charge in [0, 0.05) is 6.54 Å². The van der Waals surface area contributed by atoms with Crippen LogP contribution in [0.1, 0.15) is 97.3 Å². The van der Waals surface area contributed by atoms with Crippen molar-refractivity contribution in [2.24, 2.45) is 11.7 Å². The molecule has 1 atom stereocenters. The van der Waals surface area contributed by atoms with E-state index in [1.165, 1.54) is 70.6 Å². The predicted octanol–water partition coefficient (Wildman–Crippen LogP) is 4.74. The minimum atomic E-state index is -0.650. The van der Waals surface area contributed by atoms with E-state index in [2.05, 4.69) is 6.92 Å². The van der Waals surface area contributed by atoms with Crippen molar-refractivity contribution in [1.82, 2.24) is 0 Å². The highest BCUT2D eigenvalue weighted by Crippen LogP contribution is 2.14. The average molecular weight is 332 g/mol. The zero-order valence-electron chi connectivity index (χ0n) is 15.6. The topological polar surface area (TPSA) is 83.5 Å². The quantitative estimate of drug-likeness (QED) is 0.379. The van der Waals surface area contributed by atoms with E-state index in [1.807, 2.05) is 0 Å². The molecule has 0 saturated carbocycles. The maximum absolute atomic E-state index is 10.6. The number of nitrogens with two attached hydrogens (primary N) is 1. The Balaban J connectivity index is 0. The maximum atomic E-state index is 10.6. The van der Waals surface area contributed by atoms with Gasteiger partial charge in [-0.3, -0.25) is 4.79 Å². The van der Waals surface area contributed by atoms with Crippen LogP contribution in [0.3, 0.4) is 0 Å². The summed E-state index contributed by atoms with van der Waals surface area (Å²) in [7, 11) is 0. The first kappa shape index (κ1) is 24.6. The van der Waals surface area contributed by atoms with Gasteiger partial charge >= 0.3 is 5.97 Å². The van der Waals surface area contributed by atoms with E-state index in [4.69, 9.17) is 15.9 Å². The van der Waals surface area contributed by atoms with Crippen LogP contribution >= 0.6 is 0 Å². The fraction of sp³-hybridized carbons (Fsp3) is 0.947. The number of rotatable bonds is 15. The van der Waals surface area contributed by atoms with Crippen LogP contribution in [0.4, 0.5) is 0 Å². The molecule has 1 unspecified atom stereocenters. The number of aliphatic hydroxyl groups is 1. The molecule has 0 spiro atoms. The molecule has 0 bridgehead atoms. The lowest BCUT2D eigenvalue weighted by atomic mass is 10.0. The Morgan fingerprint density at radius 3 is 1.52 bits per heavy atom. The molecule has 0 amide bonds. The van der Waals surface area contributed by atoms with E-state index in [1.54, 1.807) is 6.92 Å². The Morgan fingerprint density at radius 2 is 1.22 bits per heavy atom. The van der Waals surface area contributed by atoms with Crippen molar-refractivity contribution in [2.75, 3.05) is 13.2 Å². The fourth-order valence-electron chi connectivity index (χ4n) is 2.41. The summed E-state index contributed by atoms with van der Waals surface area (Å²) < 4.78 is 0. The van der Waals surface area contributed by atoms with Crippen LogP contribution in [0.25, 0.3) is 0 Å². The Bertz CT molecular complexity index is 233. The minimum Gasteiger partial charge on any atom is -0.481 e. The first-order valence-corrected chi connectivity index (χ1v) is 9.63. The second-order valence-corrected chi connectivity index (χ2v) is 6.43. The molecule has 23 heavy (non-hydrogen) atoms. The van der Waals surface area contributed by atoms with Gasteiger partial charge in [-0.15, -0.1) is 0 Å². The van der Waals surface area contributed by atoms with Crippen LogP contribution < -0.4 is 5.73 Å². The second-order valence-electron chi connectivity index (χ2n) is 6.43. The number of hydrogen-bond acceptors (Lipinski definition) is 3. The Morgan fingerprint density at radius 1 is 0.870 bits per heavy atom. The summed E-state index contributed by atoms with van der Waals surface area (Å²) >= 11 is 0. The zero-order chi connectivity index (χ0) is 17.8. The van der Waals surface area contributed by atoms with E-state index < -0.39 is 5.97 Å². The molecular formula is C19H41NO3. The van der Waals surface area contributed by atoms with Crippen molar-refractivity contribution in [3.63, 3.8) is 0 Å². The fourth-order valence-corrected chi connectivity index (χ4v) is 2.41. The lowest BCUT2D eigenvalue weighted by Gasteiger charge is -2.05. The second kappa shape index (κ2) is 21.4. The SMILES string of the molecule is CCCCCCCCCCCCCCC(C)C(=O)O.NCCO. The largest absolute Gasteiger partial charge is 0.481 e. The molecular weight excluding hydrogens is 290 g/mol. The predicted molar refractivity (Wildman–Crippen MR) is 98.6 cm³/mol. The van der Waals surface area contributed by atoms with Gasteiger partial charge in [0.1, 0.15) is 0 Å². The van der Waals surface area contributed by atoms with Crippen LogP contribution in [0.5, 0.6) is 0 Å². The maximum Gasteiger partial charge on any atom is 0.306 e. The standard InChI is InChI=1S/C17H34O2.C2H7NO/c1-3-4-5-6-7-8-9-10-11-12-13-14-15-16(2)17(18)19;3-1-2-4/h16H,3-15H2,1-2H3,(H,18,19);4H,1-3H2. The number of aliphatic hydroxyl groups excluding tert-OH is 1. The molecule has 0 radical (unpaired) electrons. The highest BCUT2D eigenvalue weighted by atomic mass is 16.4. The van der Waals surface area contributed by atoms with Gasteiger partial charge < -0.3 is 15.9 Å². The summed E-state index contributed by atoms with van der Waals surface area (Å²) in [5.74, 6) is -0.814. The molecule has 0 rings (SSSR count). The summed E-state index contributed by atoms with van der Waals surface area (Å²) in [6.45, 7) is 4.54. The summed E-state index contributed by atoms with van der Waals surface area (Å²) in [5, 5.41) is 16.5. The van der Waals surface area contributed by atoms with Crippen LogP contribution in [0, 0.1) is 5.92 Å². The lowest BCUT2D eigenvalue weighted by Crippen LogP contribution is -2.08. The van der Waals surface area contributed by atoms with Crippen molar-refractivity contribution in [1.29, 1.82) is 0 Å². The number of carboxylic acids is 1. The van der Waals surface area contributed by atoms with Crippen LogP contribution in [-0.2, 0) is 4.79 Å². The molecule has 0 saturated heterocycles. The summed E-state index contributed by atoms with van der Waals surface area (Å²) in [4.78, 5) is 10.6. The van der Waals surface area contributed by atoms with Crippen molar-refractivity contribution in [3.8, 4) is 0 Å². The molecule has 4 N–H and O–H groups in total. The average Bonchev–Trinajstić information content (AvgIpc) is 2.55. The number of aliphatic carboxylic acids is 1. The normalized spacial score (nSPS) is 11.7. The summed E-state index contributed by atoms with van der Waals surface area (Å²) in [6.07, 6.45) is 16.9. The highest BCUT2D eigenvalue weighted by molar-refractivity contribution is 5.69. The van der Waals surface area contributed by atoms with Gasteiger partial charge in [-0.2, -0.15) is 0 Å². The van der Waals surface area contributed by atoms with E-state index >= 15 is 0 Å². The van der Waals surface area contributed by atoms with Gasteiger partial charge in [0.2, 0.25) is 0 Å². The molecule has 0 heterocycles. The molecule has 140 valence electrons. The van der Waals surface area contributed by atoms with Gasteiger partial charge in [0.15, 0.2) is 0 Å². The lowest BCUT2D eigenvalue weighted by molar-refractivity contribution is -0.141. The third kappa shape index (κ3) is 23.8. The van der Waals surface area contributed by atoms with Gasteiger partial charge in [-0.05, 0) is 6.42 Å². The van der Waals surface area contributed by atoms with E-state index in [0.717, 1.165) is 12.8 Å². The molecule has 0 fully saturated rings. The minimum absolute atomic E-state index is 0.0972. The van der Waals surface area contributed by atoms with Crippen LogP contribution in [0.15, 0.2) is 0 Å². The first-order chi connectivity index (χ1) is 11.1. The monoisotopic (exact) mass is 331 g/mol. The molecule has 4 heteroatoms. The first-order valence-electron chi connectivity index (χ1n) is 9.63. The Hall–Kier alpha value is -0.610. The van der Waals surface area contributed by atoms with Gasteiger partial charge in [0.05, 0.1) is 12.5 Å². The molecule has 4 nitrogen and oxygen atoms in total. The zero-order valence-corrected chi connectivity index (χ0v) is 15.6. The van der Waals surface area contributed by atoms with E-state index in [9.17, 15) is 4.79 Å². The smallest absolute Gasteiger partial charge is 0.306 e. The van der Waals surface area contributed by atoms with Gasteiger partial charge in [-0.1, -0.05) is 90.9 Å². The van der Waals surface area contributed by atoms with Crippen LogP contribution in [-0.4, -0.2) is 29.3 Å². The number of hydrogen-bond donors (Lipinski definition) is 3. The Kier molecular flexibility index (Phi) is 22.9. The van der Waals surface area contributed by atoms with Gasteiger partial charge in [-0.25, -0.2) is 0 Å². The van der Waals surface area contributed by atoms with E-state index in [0.29, 0.717) is 6.54 Å². The van der Waals surface area contributed by atoms with Gasteiger partial charge in [0.25, 0.3) is 0 Å². The third-order valence-corrected chi connectivity index (χ3v) is 4.04. The molecule has 0 aliphatic carbocycles. The van der Waals surface area contributed by atoms with Crippen molar-refractivity contribution < 1.29 is 15.0 Å². The molecule has 0 aromatic rings.